The Morgan fingerprint density at radius 1 is 1.38 bits per heavy atom. The lowest BCUT2D eigenvalue weighted by Crippen LogP contribution is -2.67. The maximum atomic E-state index is 6.43. The monoisotopic (exact) mass is 333 g/mol. The Hall–Kier alpha value is -1.81. The van der Waals surface area contributed by atoms with E-state index in [1.165, 1.54) is 6.33 Å². The van der Waals surface area contributed by atoms with Crippen molar-refractivity contribution in [2.24, 2.45) is 5.92 Å². The largest absolute Gasteiger partial charge is 0.382 e. The molecule has 9 nitrogen and oxygen atoms in total. The van der Waals surface area contributed by atoms with Crippen LogP contribution in [-0.2, 0) is 18.9 Å². The Morgan fingerprint density at radius 2 is 2.25 bits per heavy atom. The van der Waals surface area contributed by atoms with Crippen molar-refractivity contribution in [2.75, 3.05) is 33.2 Å². The van der Waals surface area contributed by atoms with Gasteiger partial charge in [0.05, 0.1) is 25.5 Å². The van der Waals surface area contributed by atoms with E-state index in [2.05, 4.69) is 15.0 Å². The number of anilines is 1. The number of nitrogens with two attached hydrogens (primary N) is 1. The van der Waals surface area contributed by atoms with Gasteiger partial charge in [0.15, 0.2) is 17.7 Å². The average Bonchev–Trinajstić information content (AvgIpc) is 3.18. The van der Waals surface area contributed by atoms with E-state index in [9.17, 15) is 0 Å². The smallest absolute Gasteiger partial charge is 0.167 e. The zero-order valence-corrected chi connectivity index (χ0v) is 13.5. The molecule has 128 valence electrons. The Labute approximate surface area is 138 Å². The molecule has 9 heteroatoms. The lowest BCUT2D eigenvalue weighted by Gasteiger charge is -2.54. The second-order valence-electron chi connectivity index (χ2n) is 6.79. The SMILES string of the molecule is COC[C@]12CC3(OC)COC(C31)[C@H](n1cnc3c(N)ncnc31)O2. The topological polar surface area (TPSA) is 107 Å². The van der Waals surface area contributed by atoms with Crippen molar-refractivity contribution < 1.29 is 18.9 Å². The number of methoxy groups -OCH3 is 2. The van der Waals surface area contributed by atoms with Crippen LogP contribution in [0.3, 0.4) is 0 Å². The zero-order valence-electron chi connectivity index (χ0n) is 13.5. The van der Waals surface area contributed by atoms with Crippen LogP contribution in [0.15, 0.2) is 12.7 Å². The zero-order chi connectivity index (χ0) is 16.5. The molecule has 2 aromatic heterocycles. The van der Waals surface area contributed by atoms with Crippen molar-refractivity contribution in [3.63, 3.8) is 0 Å². The Bertz CT molecular complexity index is 812. The molecule has 1 saturated carbocycles. The van der Waals surface area contributed by atoms with Crippen molar-refractivity contribution in [1.29, 1.82) is 0 Å². The summed E-state index contributed by atoms with van der Waals surface area (Å²) in [4.78, 5) is 12.6. The van der Waals surface area contributed by atoms with Crippen LogP contribution in [0.2, 0.25) is 0 Å². The molecule has 3 unspecified atom stereocenters. The summed E-state index contributed by atoms with van der Waals surface area (Å²) < 4.78 is 25.6. The maximum absolute atomic E-state index is 6.43. The number of ether oxygens (including phenoxy) is 4. The highest BCUT2D eigenvalue weighted by atomic mass is 16.6. The van der Waals surface area contributed by atoms with Gasteiger partial charge in [0, 0.05) is 20.6 Å². The van der Waals surface area contributed by atoms with Gasteiger partial charge in [0.2, 0.25) is 0 Å². The number of hydrogen-bond acceptors (Lipinski definition) is 8. The van der Waals surface area contributed by atoms with Crippen molar-refractivity contribution in [2.45, 2.75) is 30.0 Å². The van der Waals surface area contributed by atoms with Gasteiger partial charge in [-0.05, 0) is 0 Å². The normalized spacial score (nSPS) is 40.0. The highest BCUT2D eigenvalue weighted by molar-refractivity contribution is 5.81. The van der Waals surface area contributed by atoms with Crippen molar-refractivity contribution in [1.82, 2.24) is 19.5 Å². The molecule has 5 rings (SSSR count). The molecule has 2 aliphatic heterocycles. The van der Waals surface area contributed by atoms with Crippen LogP contribution in [-0.4, -0.2) is 64.3 Å². The van der Waals surface area contributed by atoms with Crippen LogP contribution < -0.4 is 5.73 Å². The molecule has 5 atom stereocenters. The fourth-order valence-electron chi connectivity index (χ4n) is 4.77. The van der Waals surface area contributed by atoms with Gasteiger partial charge in [-0.1, -0.05) is 0 Å². The minimum Gasteiger partial charge on any atom is -0.382 e. The predicted octanol–water partition coefficient (Wildman–Crippen LogP) is 0.126. The number of fused-ring (bicyclic) bond motifs is 1. The van der Waals surface area contributed by atoms with Crippen LogP contribution in [0.1, 0.15) is 12.6 Å². The number of rotatable bonds is 4. The molecule has 24 heavy (non-hydrogen) atoms. The minimum atomic E-state index is -0.397. The van der Waals surface area contributed by atoms with Crippen LogP contribution in [0.25, 0.3) is 11.2 Å². The van der Waals surface area contributed by atoms with E-state index in [-0.39, 0.29) is 23.9 Å². The predicted molar refractivity (Wildman–Crippen MR) is 82.1 cm³/mol. The van der Waals surface area contributed by atoms with Gasteiger partial charge < -0.3 is 24.7 Å². The third-order valence-electron chi connectivity index (χ3n) is 5.67. The van der Waals surface area contributed by atoms with Crippen molar-refractivity contribution in [3.8, 4) is 0 Å². The number of aromatic nitrogens is 4. The first-order chi connectivity index (χ1) is 11.6. The molecule has 2 saturated heterocycles. The molecule has 0 spiro atoms. The molecular formula is C15H19N5O4. The summed E-state index contributed by atoms with van der Waals surface area (Å²) in [6.45, 7) is 1.07. The fraction of sp³-hybridized carbons (Fsp3) is 0.667. The molecule has 1 aliphatic carbocycles. The second kappa shape index (κ2) is 4.63. The van der Waals surface area contributed by atoms with E-state index in [1.807, 2.05) is 4.57 Å². The molecule has 2 N–H and O–H groups in total. The lowest BCUT2D eigenvalue weighted by molar-refractivity contribution is -0.253. The van der Waals surface area contributed by atoms with E-state index < -0.39 is 5.60 Å². The lowest BCUT2D eigenvalue weighted by atomic mass is 9.59. The third kappa shape index (κ3) is 1.55. The first-order valence-corrected chi connectivity index (χ1v) is 7.91. The van der Waals surface area contributed by atoms with Gasteiger partial charge in [-0.2, -0.15) is 0 Å². The van der Waals surface area contributed by atoms with Crippen LogP contribution in [0, 0.1) is 5.92 Å². The number of nitrogen functional groups attached to an aromatic ring is 1. The third-order valence-corrected chi connectivity index (χ3v) is 5.67. The van der Waals surface area contributed by atoms with E-state index in [1.54, 1.807) is 20.5 Å². The Morgan fingerprint density at radius 3 is 3.04 bits per heavy atom. The average molecular weight is 333 g/mol. The number of nitrogens with zero attached hydrogens (tertiary/aromatic N) is 4. The highest BCUT2D eigenvalue weighted by Gasteiger charge is 2.77. The van der Waals surface area contributed by atoms with Crippen LogP contribution in [0.5, 0.6) is 0 Å². The summed E-state index contributed by atoms with van der Waals surface area (Å²) in [5.74, 6) is 0.474. The van der Waals surface area contributed by atoms with Gasteiger partial charge >= 0.3 is 0 Å². The van der Waals surface area contributed by atoms with Gasteiger partial charge in [-0.15, -0.1) is 0 Å². The molecular weight excluding hydrogens is 314 g/mol. The summed E-state index contributed by atoms with van der Waals surface area (Å²) in [6, 6.07) is 0. The van der Waals surface area contributed by atoms with Gasteiger partial charge in [0.25, 0.3) is 0 Å². The van der Waals surface area contributed by atoms with E-state index >= 15 is 0 Å². The number of imidazole rings is 1. The number of hydrogen-bond donors (Lipinski definition) is 1. The van der Waals surface area contributed by atoms with E-state index in [0.717, 1.165) is 6.42 Å². The molecule has 0 radical (unpaired) electrons. The Kier molecular flexibility index (Phi) is 2.80. The summed E-state index contributed by atoms with van der Waals surface area (Å²) in [5, 5.41) is 0. The van der Waals surface area contributed by atoms with Gasteiger partial charge in [-0.3, -0.25) is 4.57 Å². The standard InChI is InChI=1S/C15H19N5O4/c1-21-4-15-3-14(22-2)5-23-9(10(14)15)13(24-15)20-7-19-8-11(16)17-6-18-12(8)20/h6-7,9-10,13H,3-5H2,1-2H3,(H2,16,17,18)/t9?,10?,13-,14?,15-/m1/s1. The van der Waals surface area contributed by atoms with E-state index in [0.29, 0.717) is 30.2 Å². The molecule has 4 heterocycles. The van der Waals surface area contributed by atoms with Crippen LogP contribution in [0.4, 0.5) is 5.82 Å². The molecule has 3 fully saturated rings. The minimum absolute atomic E-state index is 0.122. The Balaban J connectivity index is 1.59. The molecule has 0 aromatic carbocycles. The van der Waals surface area contributed by atoms with E-state index in [4.69, 9.17) is 24.7 Å². The summed E-state index contributed by atoms with van der Waals surface area (Å²) in [5.41, 5.74) is 6.41. The maximum Gasteiger partial charge on any atom is 0.167 e. The summed E-state index contributed by atoms with van der Waals surface area (Å²) in [6.07, 6.45) is 3.39. The highest BCUT2D eigenvalue weighted by Crippen LogP contribution is 2.65. The van der Waals surface area contributed by atoms with Crippen molar-refractivity contribution in [3.05, 3.63) is 12.7 Å². The van der Waals surface area contributed by atoms with Crippen LogP contribution >= 0.6 is 0 Å². The quantitative estimate of drug-likeness (QED) is 0.841. The second-order valence-corrected chi connectivity index (χ2v) is 6.79. The van der Waals surface area contributed by atoms with Gasteiger partial charge in [-0.25, -0.2) is 15.0 Å². The molecule has 3 aliphatic rings. The summed E-state index contributed by atoms with van der Waals surface area (Å²) >= 11 is 0. The molecule has 2 aromatic rings. The fourth-order valence-corrected chi connectivity index (χ4v) is 4.77. The summed E-state index contributed by atoms with van der Waals surface area (Å²) in [7, 11) is 3.42. The molecule has 0 bridgehead atoms. The first-order valence-electron chi connectivity index (χ1n) is 7.91. The van der Waals surface area contributed by atoms with Crippen molar-refractivity contribution >= 4 is 17.0 Å². The molecule has 0 amide bonds. The first kappa shape index (κ1) is 14.5. The van der Waals surface area contributed by atoms with Gasteiger partial charge in [0.1, 0.15) is 29.2 Å².